The van der Waals surface area contributed by atoms with Crippen LogP contribution in [0.4, 0.5) is 0 Å². The van der Waals surface area contributed by atoms with E-state index in [-0.39, 0.29) is 18.1 Å². The van der Waals surface area contributed by atoms with Gasteiger partial charge in [0.15, 0.2) is 0 Å². The Labute approximate surface area is 115 Å². The zero-order valence-corrected chi connectivity index (χ0v) is 10.6. The van der Waals surface area contributed by atoms with Crippen LogP contribution in [-0.4, -0.2) is 27.9 Å². The van der Waals surface area contributed by atoms with E-state index < -0.39 is 11.9 Å². The van der Waals surface area contributed by atoms with Gasteiger partial charge in [-0.05, 0) is 42.0 Å². The van der Waals surface area contributed by atoms with E-state index in [1.54, 1.807) is 24.3 Å². The molecule has 0 aliphatic rings. The lowest BCUT2D eigenvalue weighted by molar-refractivity contribution is -0.139. The van der Waals surface area contributed by atoms with Crippen molar-refractivity contribution in [1.82, 2.24) is 0 Å². The third-order valence-electron chi connectivity index (χ3n) is 2.82. The maximum Gasteiger partial charge on any atom is 0.314 e. The largest absolute Gasteiger partial charge is 0.508 e. The van der Waals surface area contributed by atoms with Crippen LogP contribution >= 0.6 is 0 Å². The summed E-state index contributed by atoms with van der Waals surface area (Å²) in [6.45, 7) is -0.0659. The number of rotatable bonds is 5. The Hall–Kier alpha value is -2.69. The molecule has 0 saturated carbocycles. The van der Waals surface area contributed by atoms with E-state index in [2.05, 4.69) is 0 Å². The van der Waals surface area contributed by atoms with E-state index in [1.807, 2.05) is 0 Å². The van der Waals surface area contributed by atoms with Crippen LogP contribution in [0.1, 0.15) is 11.5 Å². The molecule has 1 atom stereocenters. The van der Waals surface area contributed by atoms with Crippen LogP contribution in [-0.2, 0) is 4.79 Å². The zero-order chi connectivity index (χ0) is 14.5. The second-order valence-electron chi connectivity index (χ2n) is 4.29. The minimum atomic E-state index is -1.03. The summed E-state index contributed by atoms with van der Waals surface area (Å²) in [5, 5.41) is 27.8. The number of phenolic OH excluding ortho intramolecular Hbond substituents is 2. The fourth-order valence-electron chi connectivity index (χ4n) is 1.77. The fourth-order valence-corrected chi connectivity index (χ4v) is 1.77. The number of aliphatic carboxylic acids is 1. The van der Waals surface area contributed by atoms with Crippen LogP contribution in [0.5, 0.6) is 17.2 Å². The molecule has 104 valence electrons. The number of ether oxygens (including phenoxy) is 1. The van der Waals surface area contributed by atoms with Gasteiger partial charge < -0.3 is 20.1 Å². The molecule has 0 saturated heterocycles. The van der Waals surface area contributed by atoms with Gasteiger partial charge in [-0.3, -0.25) is 4.79 Å². The number of carboxylic acid groups (broad SMARTS) is 1. The molecule has 0 fully saturated rings. The maximum atomic E-state index is 11.3. The Morgan fingerprint density at radius 2 is 1.75 bits per heavy atom. The minimum absolute atomic E-state index is 0.0124. The summed E-state index contributed by atoms with van der Waals surface area (Å²) in [6.07, 6.45) is 0. The van der Waals surface area contributed by atoms with Crippen LogP contribution in [0.15, 0.2) is 48.5 Å². The van der Waals surface area contributed by atoms with Crippen molar-refractivity contribution in [2.45, 2.75) is 5.92 Å². The highest BCUT2D eigenvalue weighted by Gasteiger charge is 2.21. The topological polar surface area (TPSA) is 87.0 Å². The average molecular weight is 274 g/mol. The third-order valence-corrected chi connectivity index (χ3v) is 2.82. The van der Waals surface area contributed by atoms with Crippen molar-refractivity contribution in [2.75, 3.05) is 6.61 Å². The Balaban J connectivity index is 2.10. The lowest BCUT2D eigenvalue weighted by Crippen LogP contribution is -2.19. The minimum Gasteiger partial charge on any atom is -0.508 e. The summed E-state index contributed by atoms with van der Waals surface area (Å²) in [6, 6.07) is 12.1. The molecule has 0 bridgehead atoms. The molecular weight excluding hydrogens is 260 g/mol. The number of aromatic hydroxyl groups is 2. The zero-order valence-electron chi connectivity index (χ0n) is 10.6. The van der Waals surface area contributed by atoms with E-state index in [9.17, 15) is 15.0 Å². The van der Waals surface area contributed by atoms with Gasteiger partial charge in [0.1, 0.15) is 29.8 Å². The molecule has 0 heterocycles. The molecule has 0 amide bonds. The third kappa shape index (κ3) is 3.41. The Bertz CT molecular complexity index is 591. The van der Waals surface area contributed by atoms with Crippen molar-refractivity contribution in [1.29, 1.82) is 0 Å². The molecule has 0 aromatic heterocycles. The molecule has 1 unspecified atom stereocenters. The number of carboxylic acids is 1. The van der Waals surface area contributed by atoms with Gasteiger partial charge in [-0.1, -0.05) is 12.1 Å². The van der Waals surface area contributed by atoms with Crippen molar-refractivity contribution >= 4 is 5.97 Å². The van der Waals surface area contributed by atoms with Crippen molar-refractivity contribution in [2.24, 2.45) is 0 Å². The molecule has 3 N–H and O–H groups in total. The molecule has 0 aliphatic carbocycles. The molecule has 2 aromatic rings. The molecule has 0 aliphatic heterocycles. The number of hydrogen-bond donors (Lipinski definition) is 3. The van der Waals surface area contributed by atoms with Crippen molar-refractivity contribution in [3.05, 3.63) is 54.1 Å². The van der Waals surface area contributed by atoms with Crippen LogP contribution in [0, 0.1) is 0 Å². The Morgan fingerprint density at radius 3 is 2.35 bits per heavy atom. The number of phenols is 2. The highest BCUT2D eigenvalue weighted by atomic mass is 16.5. The number of benzene rings is 2. The van der Waals surface area contributed by atoms with E-state index in [1.165, 1.54) is 24.3 Å². The second-order valence-corrected chi connectivity index (χ2v) is 4.29. The Morgan fingerprint density at radius 1 is 1.05 bits per heavy atom. The molecule has 0 spiro atoms. The van der Waals surface area contributed by atoms with Gasteiger partial charge in [-0.15, -0.1) is 0 Å². The fraction of sp³-hybridized carbons (Fsp3) is 0.133. The van der Waals surface area contributed by atoms with Crippen LogP contribution in [0.3, 0.4) is 0 Å². The molecule has 5 heteroatoms. The van der Waals surface area contributed by atoms with Crippen LogP contribution in [0.25, 0.3) is 0 Å². The SMILES string of the molecule is O=C(O)C(COc1ccc(O)cc1)c1cccc(O)c1. The van der Waals surface area contributed by atoms with Gasteiger partial charge >= 0.3 is 5.97 Å². The summed E-state index contributed by atoms with van der Waals surface area (Å²) in [7, 11) is 0. The highest BCUT2D eigenvalue weighted by molar-refractivity contribution is 5.76. The summed E-state index contributed by atoms with van der Waals surface area (Å²) in [5.41, 5.74) is 0.469. The number of carbonyl (C=O) groups is 1. The molecule has 5 nitrogen and oxygen atoms in total. The summed E-state index contributed by atoms with van der Waals surface area (Å²) < 4.78 is 5.41. The van der Waals surface area contributed by atoms with Gasteiger partial charge in [0.25, 0.3) is 0 Å². The van der Waals surface area contributed by atoms with E-state index in [0.29, 0.717) is 11.3 Å². The summed E-state index contributed by atoms with van der Waals surface area (Å²) in [4.78, 5) is 11.3. The normalized spacial score (nSPS) is 11.8. The average Bonchev–Trinajstić information content (AvgIpc) is 2.41. The molecule has 2 aromatic carbocycles. The maximum absolute atomic E-state index is 11.3. The van der Waals surface area contributed by atoms with Gasteiger partial charge in [-0.25, -0.2) is 0 Å². The summed E-state index contributed by atoms with van der Waals surface area (Å²) in [5.74, 6) is -1.32. The molecule has 2 rings (SSSR count). The first-order chi connectivity index (χ1) is 9.56. The summed E-state index contributed by atoms with van der Waals surface area (Å²) >= 11 is 0. The van der Waals surface area contributed by atoms with Crippen molar-refractivity contribution < 1.29 is 24.9 Å². The van der Waals surface area contributed by atoms with Crippen molar-refractivity contribution in [3.63, 3.8) is 0 Å². The predicted octanol–water partition coefficient (Wildman–Crippen LogP) is 2.35. The van der Waals surface area contributed by atoms with Crippen LogP contribution in [0.2, 0.25) is 0 Å². The quantitative estimate of drug-likeness (QED) is 0.779. The van der Waals surface area contributed by atoms with E-state index in [4.69, 9.17) is 9.84 Å². The van der Waals surface area contributed by atoms with Crippen LogP contribution < -0.4 is 4.74 Å². The van der Waals surface area contributed by atoms with Gasteiger partial charge in [0.2, 0.25) is 0 Å². The van der Waals surface area contributed by atoms with E-state index >= 15 is 0 Å². The lowest BCUT2D eigenvalue weighted by Gasteiger charge is -2.14. The predicted molar refractivity (Wildman–Crippen MR) is 72.1 cm³/mol. The molecular formula is C15H14O5. The first-order valence-corrected chi connectivity index (χ1v) is 6.00. The monoisotopic (exact) mass is 274 g/mol. The van der Waals surface area contributed by atoms with Gasteiger partial charge in [0.05, 0.1) is 0 Å². The standard InChI is InChI=1S/C15H14O5/c16-11-4-6-13(7-5-11)20-9-14(15(18)19)10-2-1-3-12(17)8-10/h1-8,14,16-17H,9H2,(H,18,19). The number of hydrogen-bond acceptors (Lipinski definition) is 4. The first kappa shape index (κ1) is 13.7. The first-order valence-electron chi connectivity index (χ1n) is 6.00. The van der Waals surface area contributed by atoms with Gasteiger partial charge in [0, 0.05) is 0 Å². The lowest BCUT2D eigenvalue weighted by atomic mass is 10.00. The van der Waals surface area contributed by atoms with Crippen molar-refractivity contribution in [3.8, 4) is 17.2 Å². The second kappa shape index (κ2) is 5.97. The smallest absolute Gasteiger partial charge is 0.314 e. The van der Waals surface area contributed by atoms with E-state index in [0.717, 1.165) is 0 Å². The molecule has 0 radical (unpaired) electrons. The van der Waals surface area contributed by atoms with Gasteiger partial charge in [-0.2, -0.15) is 0 Å². The Kier molecular flexibility index (Phi) is 4.10. The highest BCUT2D eigenvalue weighted by Crippen LogP contribution is 2.23. The molecule has 20 heavy (non-hydrogen) atoms.